The van der Waals surface area contributed by atoms with E-state index >= 15 is 0 Å². The van der Waals surface area contributed by atoms with Crippen molar-refractivity contribution in [3.8, 4) is 0 Å². The van der Waals surface area contributed by atoms with E-state index in [9.17, 15) is 14.4 Å². The number of nitrogens with one attached hydrogen (secondary N) is 1. The molecular weight excluding hydrogens is 376 g/mol. The van der Waals surface area contributed by atoms with Gasteiger partial charge in [-0.25, -0.2) is 4.79 Å². The number of benzene rings is 1. The van der Waals surface area contributed by atoms with Crippen LogP contribution in [0.25, 0.3) is 0 Å². The minimum atomic E-state index is -1.16. The van der Waals surface area contributed by atoms with Gasteiger partial charge in [0.2, 0.25) is 0 Å². The molecule has 1 aromatic carbocycles. The molecule has 5 aliphatic rings. The molecule has 4 saturated carbocycles. The molecule has 148 valence electrons. The first-order valence-electron chi connectivity index (χ1n) is 10.2. The van der Waals surface area contributed by atoms with Crippen LogP contribution in [-0.4, -0.2) is 29.2 Å². The second-order valence-electron chi connectivity index (χ2n) is 9.57. The maximum Gasteiger partial charge on any atom is 0.325 e. The van der Waals surface area contributed by atoms with Crippen molar-refractivity contribution in [1.29, 1.82) is 0 Å². The van der Waals surface area contributed by atoms with Gasteiger partial charge in [-0.1, -0.05) is 23.7 Å². The van der Waals surface area contributed by atoms with Crippen LogP contribution >= 0.6 is 11.6 Å². The molecule has 0 aromatic heterocycles. The Balaban J connectivity index is 1.37. The van der Waals surface area contributed by atoms with Gasteiger partial charge < -0.3 is 5.32 Å². The predicted molar refractivity (Wildman–Crippen MR) is 105 cm³/mol. The lowest BCUT2D eigenvalue weighted by molar-refractivity contribution is -0.147. The van der Waals surface area contributed by atoms with E-state index in [2.05, 4.69) is 5.32 Å². The zero-order valence-corrected chi connectivity index (χ0v) is 16.8. The van der Waals surface area contributed by atoms with Crippen molar-refractivity contribution < 1.29 is 14.4 Å². The lowest BCUT2D eigenvalue weighted by Crippen LogP contribution is -2.53. The number of amides is 3. The zero-order valence-electron chi connectivity index (χ0n) is 16.0. The van der Waals surface area contributed by atoms with Crippen molar-refractivity contribution in [3.63, 3.8) is 0 Å². The zero-order chi connectivity index (χ0) is 19.7. The molecule has 4 aliphatic carbocycles. The van der Waals surface area contributed by atoms with Gasteiger partial charge in [0, 0.05) is 10.4 Å². The number of ketones is 1. The normalized spacial score (nSPS) is 38.8. The molecule has 1 heterocycles. The Morgan fingerprint density at radius 2 is 1.61 bits per heavy atom. The molecule has 28 heavy (non-hydrogen) atoms. The monoisotopic (exact) mass is 400 g/mol. The summed E-state index contributed by atoms with van der Waals surface area (Å²) in [5, 5.41) is 3.35. The van der Waals surface area contributed by atoms with Crippen LogP contribution < -0.4 is 5.32 Å². The van der Waals surface area contributed by atoms with E-state index in [1.165, 1.54) is 19.3 Å². The van der Waals surface area contributed by atoms with E-state index in [0.29, 0.717) is 28.3 Å². The topological polar surface area (TPSA) is 66.5 Å². The smallest absolute Gasteiger partial charge is 0.319 e. The number of hydrogen-bond acceptors (Lipinski definition) is 3. The Morgan fingerprint density at radius 1 is 1.07 bits per heavy atom. The second-order valence-corrected chi connectivity index (χ2v) is 10.0. The van der Waals surface area contributed by atoms with Crippen LogP contribution in [0.3, 0.4) is 0 Å². The Hall–Kier alpha value is -1.88. The van der Waals surface area contributed by atoms with E-state index in [1.807, 2.05) is 0 Å². The summed E-state index contributed by atoms with van der Waals surface area (Å²) in [5.41, 5.74) is -0.808. The van der Waals surface area contributed by atoms with Gasteiger partial charge in [-0.15, -0.1) is 0 Å². The number of imide groups is 1. The van der Waals surface area contributed by atoms with E-state index in [0.717, 1.165) is 24.2 Å². The summed E-state index contributed by atoms with van der Waals surface area (Å²) in [6.07, 6.45) is 6.58. The van der Waals surface area contributed by atoms with Gasteiger partial charge in [-0.2, -0.15) is 0 Å². The first kappa shape index (κ1) is 18.2. The fraction of sp³-hybridized carbons (Fsp3) is 0.591. The SMILES string of the molecule is CC1(c2ccc(Cl)cc2)NC(=O)N(CC(=O)C23CC4CC(CC(C4)C2)C3)C1=O. The predicted octanol–water partition coefficient (Wildman–Crippen LogP) is 3.89. The standard InChI is InChI=1S/C22H25ClN2O3/c1-21(16-2-4-17(23)5-3-16)19(27)25(20(28)24-21)12-18(26)22-9-13-6-14(10-22)8-15(7-13)11-22/h2-5,13-15H,6-12H2,1H3,(H,24,28). The summed E-state index contributed by atoms with van der Waals surface area (Å²) in [7, 11) is 0. The number of Topliss-reactive ketones (excluding diaryl/α,β-unsaturated/α-hetero) is 1. The van der Waals surface area contributed by atoms with Crippen molar-refractivity contribution >= 4 is 29.3 Å². The molecule has 0 spiro atoms. The van der Waals surface area contributed by atoms with E-state index in [4.69, 9.17) is 11.6 Å². The van der Waals surface area contributed by atoms with Crippen LogP contribution in [0.1, 0.15) is 51.0 Å². The molecule has 1 saturated heterocycles. The van der Waals surface area contributed by atoms with Gasteiger partial charge in [0.15, 0.2) is 5.78 Å². The lowest BCUT2D eigenvalue weighted by atomic mass is 9.48. The van der Waals surface area contributed by atoms with E-state index < -0.39 is 11.6 Å². The summed E-state index contributed by atoms with van der Waals surface area (Å²) < 4.78 is 0. The molecule has 1 N–H and O–H groups in total. The van der Waals surface area contributed by atoms with Crippen molar-refractivity contribution in [1.82, 2.24) is 10.2 Å². The van der Waals surface area contributed by atoms with E-state index in [1.54, 1.807) is 31.2 Å². The summed E-state index contributed by atoms with van der Waals surface area (Å²) in [5.74, 6) is 1.67. The Morgan fingerprint density at radius 3 is 2.14 bits per heavy atom. The molecule has 1 unspecified atom stereocenters. The summed E-state index contributed by atoms with van der Waals surface area (Å²) in [6.45, 7) is 1.58. The molecule has 6 rings (SSSR count). The Kier molecular flexibility index (Phi) is 3.93. The quantitative estimate of drug-likeness (QED) is 0.779. The first-order chi connectivity index (χ1) is 13.3. The third-order valence-corrected chi connectivity index (χ3v) is 7.88. The first-order valence-corrected chi connectivity index (χ1v) is 10.6. The molecule has 0 radical (unpaired) electrons. The molecular formula is C22H25ClN2O3. The Labute approximate surface area is 169 Å². The van der Waals surface area contributed by atoms with Crippen LogP contribution in [0, 0.1) is 23.2 Å². The van der Waals surface area contributed by atoms with Gasteiger partial charge in [0.05, 0.1) is 6.54 Å². The van der Waals surface area contributed by atoms with Crippen LogP contribution in [0.5, 0.6) is 0 Å². The average Bonchev–Trinajstić information content (AvgIpc) is 2.85. The maximum absolute atomic E-state index is 13.3. The highest BCUT2D eigenvalue weighted by Crippen LogP contribution is 2.60. The summed E-state index contributed by atoms with van der Waals surface area (Å²) >= 11 is 5.95. The average molecular weight is 401 g/mol. The third-order valence-electron chi connectivity index (χ3n) is 7.63. The molecule has 5 nitrogen and oxygen atoms in total. The number of carbonyl (C=O) groups is 3. The van der Waals surface area contributed by atoms with Crippen LogP contribution in [0.2, 0.25) is 5.02 Å². The molecule has 1 atom stereocenters. The summed E-state index contributed by atoms with van der Waals surface area (Å²) in [6, 6.07) is 6.39. The van der Waals surface area contributed by atoms with Crippen molar-refractivity contribution in [2.75, 3.05) is 6.54 Å². The maximum atomic E-state index is 13.3. The third kappa shape index (κ3) is 2.62. The molecule has 6 heteroatoms. The number of urea groups is 1. The van der Waals surface area contributed by atoms with Crippen LogP contribution in [0.4, 0.5) is 4.79 Å². The highest BCUT2D eigenvalue weighted by molar-refractivity contribution is 6.30. The van der Waals surface area contributed by atoms with Crippen molar-refractivity contribution in [2.45, 2.75) is 51.0 Å². The van der Waals surface area contributed by atoms with Gasteiger partial charge in [-0.3, -0.25) is 14.5 Å². The van der Waals surface area contributed by atoms with Crippen LogP contribution in [-0.2, 0) is 15.1 Å². The lowest BCUT2D eigenvalue weighted by Gasteiger charge is -2.56. The number of hydrogen-bond donors (Lipinski definition) is 1. The largest absolute Gasteiger partial charge is 0.325 e. The highest BCUT2D eigenvalue weighted by atomic mass is 35.5. The van der Waals surface area contributed by atoms with Gasteiger partial charge in [0.1, 0.15) is 5.54 Å². The fourth-order valence-corrected chi connectivity index (χ4v) is 6.71. The van der Waals surface area contributed by atoms with Crippen LogP contribution in [0.15, 0.2) is 24.3 Å². The van der Waals surface area contributed by atoms with Gasteiger partial charge >= 0.3 is 6.03 Å². The van der Waals surface area contributed by atoms with Gasteiger partial charge in [-0.05, 0) is 80.9 Å². The number of carbonyl (C=O) groups excluding carboxylic acids is 3. The molecule has 1 aromatic rings. The number of halogens is 1. The fourth-order valence-electron chi connectivity index (χ4n) is 6.58. The summed E-state index contributed by atoms with van der Waals surface area (Å²) in [4.78, 5) is 40.2. The minimum absolute atomic E-state index is 0.0791. The van der Waals surface area contributed by atoms with E-state index in [-0.39, 0.29) is 23.7 Å². The molecule has 1 aliphatic heterocycles. The number of rotatable bonds is 4. The van der Waals surface area contributed by atoms with Gasteiger partial charge in [0.25, 0.3) is 5.91 Å². The second kappa shape index (κ2) is 6.06. The minimum Gasteiger partial charge on any atom is -0.319 e. The molecule has 3 amide bonds. The van der Waals surface area contributed by atoms with Crippen molar-refractivity contribution in [2.24, 2.45) is 23.2 Å². The Bertz CT molecular complexity index is 830. The van der Waals surface area contributed by atoms with Crippen molar-refractivity contribution in [3.05, 3.63) is 34.9 Å². The molecule has 5 fully saturated rings. The highest BCUT2D eigenvalue weighted by Gasteiger charge is 2.56. The number of nitrogens with zero attached hydrogens (tertiary/aromatic N) is 1. The molecule has 4 bridgehead atoms.